The van der Waals surface area contributed by atoms with E-state index in [2.05, 4.69) is 24.3 Å². The van der Waals surface area contributed by atoms with Crippen LogP contribution in [0.2, 0.25) is 0 Å². The Morgan fingerprint density at radius 3 is 2.56 bits per heavy atom. The average molecular weight is 329 g/mol. The normalized spacial score (nSPS) is 19.6. The molecule has 3 nitrogen and oxygen atoms in total. The second-order valence-electron chi connectivity index (χ2n) is 6.35. The summed E-state index contributed by atoms with van der Waals surface area (Å²) in [6.07, 6.45) is 2.85. The maximum Gasteiger partial charge on any atom is 0.309 e. The summed E-state index contributed by atoms with van der Waals surface area (Å²) in [7, 11) is 1.45. The van der Waals surface area contributed by atoms with E-state index in [1.54, 1.807) is 0 Å². The summed E-state index contributed by atoms with van der Waals surface area (Å²) in [5, 5.41) is 1.10. The topological polar surface area (TPSA) is 39.2 Å². The first-order valence-electron chi connectivity index (χ1n) is 8.46. The van der Waals surface area contributed by atoms with Crippen LogP contribution in [0.3, 0.4) is 0 Å². The third-order valence-corrected chi connectivity index (χ3v) is 4.86. The van der Waals surface area contributed by atoms with Gasteiger partial charge in [-0.2, -0.15) is 0 Å². The van der Waals surface area contributed by atoms with Crippen LogP contribution in [0, 0.1) is 5.92 Å². The molecule has 2 atom stereocenters. The minimum Gasteiger partial charge on any atom is -0.469 e. The Bertz CT molecular complexity index is 946. The number of nitrogens with zero attached hydrogens (tertiary/aromatic N) is 1. The number of esters is 1. The molecule has 124 valence electrons. The first kappa shape index (κ1) is 15.6. The highest BCUT2D eigenvalue weighted by atomic mass is 16.5. The number of hydrogen-bond donors (Lipinski definition) is 0. The van der Waals surface area contributed by atoms with Gasteiger partial charge >= 0.3 is 5.97 Å². The highest BCUT2D eigenvalue weighted by molar-refractivity contribution is 5.83. The summed E-state index contributed by atoms with van der Waals surface area (Å²) < 4.78 is 5.06. The number of rotatable bonds is 3. The first-order chi connectivity index (χ1) is 12.3. The zero-order valence-electron chi connectivity index (χ0n) is 14.1. The zero-order valence-corrected chi connectivity index (χ0v) is 14.1. The molecule has 25 heavy (non-hydrogen) atoms. The molecule has 1 aromatic heterocycles. The lowest BCUT2D eigenvalue weighted by Gasteiger charge is -2.17. The Balaban J connectivity index is 1.77. The number of carbonyl (C=O) groups is 1. The van der Waals surface area contributed by atoms with Gasteiger partial charge in [0.1, 0.15) is 0 Å². The molecule has 0 N–H and O–H groups in total. The zero-order chi connectivity index (χ0) is 17.2. The lowest BCUT2D eigenvalue weighted by molar-refractivity contribution is -0.145. The van der Waals surface area contributed by atoms with Gasteiger partial charge in [0.15, 0.2) is 0 Å². The summed E-state index contributed by atoms with van der Waals surface area (Å²) >= 11 is 0. The molecule has 4 rings (SSSR count). The molecule has 0 amide bonds. The molecular weight excluding hydrogens is 310 g/mol. The van der Waals surface area contributed by atoms with E-state index < -0.39 is 0 Å². The van der Waals surface area contributed by atoms with Crippen molar-refractivity contribution in [2.75, 3.05) is 7.11 Å². The second-order valence-corrected chi connectivity index (χ2v) is 6.35. The third-order valence-electron chi connectivity index (χ3n) is 4.86. The van der Waals surface area contributed by atoms with Gasteiger partial charge in [-0.05, 0) is 29.7 Å². The highest BCUT2D eigenvalue weighted by Gasteiger charge is 2.36. The summed E-state index contributed by atoms with van der Waals surface area (Å²) in [5.74, 6) is -0.469. The smallest absolute Gasteiger partial charge is 0.309 e. The summed E-state index contributed by atoms with van der Waals surface area (Å²) in [4.78, 5) is 17.2. The predicted molar refractivity (Wildman–Crippen MR) is 99.0 cm³/mol. The van der Waals surface area contributed by atoms with Crippen LogP contribution < -0.4 is 0 Å². The molecule has 0 spiro atoms. The molecular formula is C22H19NO2. The number of hydrogen-bond acceptors (Lipinski definition) is 3. The summed E-state index contributed by atoms with van der Waals surface area (Å²) in [6.45, 7) is 0. The van der Waals surface area contributed by atoms with Crippen LogP contribution in [0.4, 0.5) is 0 Å². The molecule has 3 aromatic rings. The quantitative estimate of drug-likeness (QED) is 0.660. The molecule has 0 radical (unpaired) electrons. The van der Waals surface area contributed by atoms with Gasteiger partial charge in [0.05, 0.1) is 18.5 Å². The Morgan fingerprint density at radius 2 is 1.76 bits per heavy atom. The van der Waals surface area contributed by atoms with Crippen molar-refractivity contribution in [2.24, 2.45) is 5.92 Å². The molecule has 0 unspecified atom stereocenters. The van der Waals surface area contributed by atoms with Gasteiger partial charge in [-0.3, -0.25) is 9.78 Å². The number of aromatic nitrogens is 1. The maximum absolute atomic E-state index is 12.4. The van der Waals surface area contributed by atoms with E-state index in [1.807, 2.05) is 48.5 Å². The molecule has 3 heteroatoms. The number of benzene rings is 2. The SMILES string of the molecule is COC(=O)[C@@H]1CC(c2ccccc2)=C[C@@H]1c1ccc2ccccc2n1. The fourth-order valence-corrected chi connectivity index (χ4v) is 3.57. The van der Waals surface area contributed by atoms with Crippen molar-refractivity contribution in [2.45, 2.75) is 12.3 Å². The molecule has 0 bridgehead atoms. The van der Waals surface area contributed by atoms with Crippen LogP contribution in [0.1, 0.15) is 23.6 Å². The van der Waals surface area contributed by atoms with Crippen molar-refractivity contribution < 1.29 is 9.53 Å². The van der Waals surface area contributed by atoms with Gasteiger partial charge in [0.25, 0.3) is 0 Å². The minimum atomic E-state index is -0.228. The van der Waals surface area contributed by atoms with E-state index in [-0.39, 0.29) is 17.8 Å². The number of allylic oxidation sites excluding steroid dienone is 2. The monoisotopic (exact) mass is 329 g/mol. The number of fused-ring (bicyclic) bond motifs is 1. The molecule has 1 aliphatic rings. The lowest BCUT2D eigenvalue weighted by atomic mass is 9.91. The molecule has 1 heterocycles. The third kappa shape index (κ3) is 2.93. The van der Waals surface area contributed by atoms with Crippen LogP contribution in [-0.4, -0.2) is 18.1 Å². The Morgan fingerprint density at radius 1 is 1.00 bits per heavy atom. The number of ether oxygens (including phenoxy) is 1. The van der Waals surface area contributed by atoms with Gasteiger partial charge in [-0.1, -0.05) is 60.7 Å². The highest BCUT2D eigenvalue weighted by Crippen LogP contribution is 2.42. The standard InChI is InChI=1S/C22H19NO2/c1-25-22(24)19-14-17(15-7-3-2-4-8-15)13-18(19)21-12-11-16-9-5-6-10-20(16)23-21/h2-13,18-19H,14H2,1H3/t18-,19+/m0/s1. The van der Waals surface area contributed by atoms with Crippen LogP contribution in [0.5, 0.6) is 0 Å². The van der Waals surface area contributed by atoms with Crippen molar-refractivity contribution in [1.29, 1.82) is 0 Å². The molecule has 0 fully saturated rings. The second kappa shape index (κ2) is 6.52. The minimum absolute atomic E-state index is 0.0627. The van der Waals surface area contributed by atoms with Gasteiger partial charge in [0, 0.05) is 17.0 Å². The fourth-order valence-electron chi connectivity index (χ4n) is 3.57. The molecule has 0 saturated carbocycles. The van der Waals surface area contributed by atoms with E-state index in [9.17, 15) is 4.79 Å². The van der Waals surface area contributed by atoms with Crippen LogP contribution in [0.25, 0.3) is 16.5 Å². The van der Waals surface area contributed by atoms with Gasteiger partial charge < -0.3 is 4.74 Å². The molecule has 0 saturated heterocycles. The molecule has 0 aliphatic heterocycles. The van der Waals surface area contributed by atoms with Crippen molar-refractivity contribution in [1.82, 2.24) is 4.98 Å². The molecule has 1 aliphatic carbocycles. The number of para-hydroxylation sites is 1. The number of carbonyl (C=O) groups excluding carboxylic acids is 1. The summed E-state index contributed by atoms with van der Waals surface area (Å²) in [6, 6.07) is 22.3. The average Bonchev–Trinajstić information content (AvgIpc) is 3.13. The van der Waals surface area contributed by atoms with Crippen molar-refractivity contribution in [3.63, 3.8) is 0 Å². The number of methoxy groups -OCH3 is 1. The first-order valence-corrected chi connectivity index (χ1v) is 8.46. The Kier molecular flexibility index (Phi) is 4.06. The largest absolute Gasteiger partial charge is 0.469 e. The van der Waals surface area contributed by atoms with Gasteiger partial charge in [-0.15, -0.1) is 0 Å². The lowest BCUT2D eigenvalue weighted by Crippen LogP contribution is -2.20. The van der Waals surface area contributed by atoms with Crippen LogP contribution in [0.15, 0.2) is 72.8 Å². The van der Waals surface area contributed by atoms with Crippen molar-refractivity contribution in [3.05, 3.63) is 84.1 Å². The maximum atomic E-state index is 12.4. The van der Waals surface area contributed by atoms with E-state index in [4.69, 9.17) is 9.72 Å². The van der Waals surface area contributed by atoms with E-state index in [0.29, 0.717) is 6.42 Å². The Labute approximate surface area is 147 Å². The summed E-state index contributed by atoms with van der Waals surface area (Å²) in [5.41, 5.74) is 4.20. The molecule has 2 aromatic carbocycles. The van der Waals surface area contributed by atoms with Gasteiger partial charge in [0.2, 0.25) is 0 Å². The van der Waals surface area contributed by atoms with Crippen molar-refractivity contribution in [3.8, 4) is 0 Å². The Hall–Kier alpha value is -2.94. The van der Waals surface area contributed by atoms with E-state index in [1.165, 1.54) is 12.7 Å². The van der Waals surface area contributed by atoms with Crippen LogP contribution >= 0.6 is 0 Å². The van der Waals surface area contributed by atoms with Crippen LogP contribution in [-0.2, 0) is 9.53 Å². The fraction of sp³-hybridized carbons (Fsp3) is 0.182. The number of pyridine rings is 1. The predicted octanol–water partition coefficient (Wildman–Crippen LogP) is 4.59. The van der Waals surface area contributed by atoms with Gasteiger partial charge in [-0.25, -0.2) is 0 Å². The van der Waals surface area contributed by atoms with Crippen molar-refractivity contribution >= 4 is 22.4 Å². The van der Waals surface area contributed by atoms with E-state index >= 15 is 0 Å². The van der Waals surface area contributed by atoms with E-state index in [0.717, 1.165) is 22.2 Å².